The summed E-state index contributed by atoms with van der Waals surface area (Å²) in [7, 11) is 0. The second-order valence-corrected chi connectivity index (χ2v) is 7.03. The smallest absolute Gasteiger partial charge is 0.00958 e. The van der Waals surface area contributed by atoms with Crippen LogP contribution in [0.1, 0.15) is 64.7 Å². The highest BCUT2D eigenvalue weighted by Gasteiger charge is 2.52. The minimum Gasteiger partial charge on any atom is -0.327 e. The lowest BCUT2D eigenvalue weighted by atomic mass is 9.47. The summed E-state index contributed by atoms with van der Waals surface area (Å²) >= 11 is 0. The lowest BCUT2D eigenvalue weighted by Crippen LogP contribution is -2.54. The molecule has 0 amide bonds. The molecule has 1 atom stereocenters. The number of halogens is 1. The van der Waals surface area contributed by atoms with E-state index < -0.39 is 0 Å². The van der Waals surface area contributed by atoms with Gasteiger partial charge in [0.2, 0.25) is 0 Å². The quantitative estimate of drug-likeness (QED) is 0.805. The Bertz CT molecular complexity index is 228. The van der Waals surface area contributed by atoms with Crippen molar-refractivity contribution >= 4 is 12.4 Å². The average Bonchev–Trinajstić information content (AvgIpc) is 2.24. The van der Waals surface area contributed by atoms with Crippen molar-refractivity contribution in [1.29, 1.82) is 0 Å². The first-order valence-corrected chi connectivity index (χ1v) is 7.47. The zero-order valence-corrected chi connectivity index (χ0v) is 12.0. The fourth-order valence-electron chi connectivity index (χ4n) is 5.36. The fourth-order valence-corrected chi connectivity index (χ4v) is 5.36. The van der Waals surface area contributed by atoms with Crippen molar-refractivity contribution in [3.05, 3.63) is 0 Å². The number of hydrogen-bond acceptors (Lipinski definition) is 1. The Morgan fingerprint density at radius 1 is 1.06 bits per heavy atom. The van der Waals surface area contributed by atoms with Gasteiger partial charge in [-0.3, -0.25) is 0 Å². The summed E-state index contributed by atoms with van der Waals surface area (Å²) in [6, 6.07) is 0.515. The molecule has 100 valence electrons. The van der Waals surface area contributed by atoms with Crippen LogP contribution in [0.15, 0.2) is 0 Å². The van der Waals surface area contributed by atoms with Crippen molar-refractivity contribution in [2.45, 2.75) is 70.8 Å². The van der Waals surface area contributed by atoms with Gasteiger partial charge in [0.25, 0.3) is 0 Å². The molecule has 1 nitrogen and oxygen atoms in total. The summed E-state index contributed by atoms with van der Waals surface area (Å²) in [4.78, 5) is 0. The molecular weight excluding hydrogens is 230 g/mol. The van der Waals surface area contributed by atoms with E-state index >= 15 is 0 Å². The van der Waals surface area contributed by atoms with Gasteiger partial charge in [-0.2, -0.15) is 0 Å². The Morgan fingerprint density at radius 2 is 1.53 bits per heavy atom. The lowest BCUT2D eigenvalue weighted by Gasteiger charge is -2.59. The van der Waals surface area contributed by atoms with Crippen LogP contribution in [0.3, 0.4) is 0 Å². The first kappa shape index (κ1) is 13.7. The van der Waals surface area contributed by atoms with Crippen LogP contribution < -0.4 is 5.73 Å². The van der Waals surface area contributed by atoms with Crippen LogP contribution in [0.2, 0.25) is 0 Å². The van der Waals surface area contributed by atoms with Crippen molar-refractivity contribution < 1.29 is 0 Å². The molecule has 4 bridgehead atoms. The predicted octanol–water partition coefficient (Wildman–Crippen LogP) is 4.14. The molecule has 17 heavy (non-hydrogen) atoms. The first-order chi connectivity index (χ1) is 7.72. The predicted molar refractivity (Wildman–Crippen MR) is 75.4 cm³/mol. The molecule has 2 N–H and O–H groups in total. The molecule has 4 aliphatic carbocycles. The summed E-state index contributed by atoms with van der Waals surface area (Å²) < 4.78 is 0. The number of hydrogen-bond donors (Lipinski definition) is 1. The van der Waals surface area contributed by atoms with Crippen LogP contribution in [0.4, 0.5) is 0 Å². The van der Waals surface area contributed by atoms with E-state index in [-0.39, 0.29) is 12.4 Å². The van der Waals surface area contributed by atoms with Crippen molar-refractivity contribution in [3.63, 3.8) is 0 Å². The maximum atomic E-state index is 6.56. The van der Waals surface area contributed by atoms with Crippen LogP contribution in [0, 0.1) is 23.2 Å². The molecule has 1 unspecified atom stereocenters. The van der Waals surface area contributed by atoms with E-state index in [1.165, 1.54) is 38.5 Å². The third-order valence-corrected chi connectivity index (χ3v) is 5.74. The van der Waals surface area contributed by atoms with Gasteiger partial charge in [0.1, 0.15) is 0 Å². The molecule has 2 heteroatoms. The topological polar surface area (TPSA) is 26.0 Å². The summed E-state index contributed by atoms with van der Waals surface area (Å²) in [5.41, 5.74) is 7.15. The number of rotatable bonds is 4. The number of nitrogens with two attached hydrogens (primary N) is 1. The summed E-state index contributed by atoms with van der Waals surface area (Å²) in [5.74, 6) is 3.16. The van der Waals surface area contributed by atoms with E-state index in [1.54, 1.807) is 19.3 Å². The van der Waals surface area contributed by atoms with Gasteiger partial charge in [-0.1, -0.05) is 19.8 Å². The Balaban J connectivity index is 0.00000108. The second kappa shape index (κ2) is 5.09. The standard InChI is InChI=1S/C15H27N.ClH/c1-2-3-4-14(16)15-8-11-5-12(9-15)7-13(6-11)10-15;/h11-14H,2-10,16H2,1H3;1H. The monoisotopic (exact) mass is 257 g/mol. The molecule has 4 rings (SSSR count). The van der Waals surface area contributed by atoms with E-state index in [0.717, 1.165) is 17.8 Å². The van der Waals surface area contributed by atoms with Crippen LogP contribution in [0.5, 0.6) is 0 Å². The van der Waals surface area contributed by atoms with Gasteiger partial charge in [0.15, 0.2) is 0 Å². The minimum atomic E-state index is 0. The zero-order chi connectivity index (χ0) is 11.2. The van der Waals surface area contributed by atoms with Gasteiger partial charge in [0.05, 0.1) is 0 Å². The van der Waals surface area contributed by atoms with Gasteiger partial charge in [-0.25, -0.2) is 0 Å². The van der Waals surface area contributed by atoms with Gasteiger partial charge in [-0.15, -0.1) is 12.4 Å². The van der Waals surface area contributed by atoms with Crippen molar-refractivity contribution in [1.82, 2.24) is 0 Å². The van der Waals surface area contributed by atoms with E-state index in [4.69, 9.17) is 5.73 Å². The Morgan fingerprint density at radius 3 is 1.94 bits per heavy atom. The molecule has 0 radical (unpaired) electrons. The maximum absolute atomic E-state index is 6.56. The van der Waals surface area contributed by atoms with Gasteiger partial charge < -0.3 is 5.73 Å². The Labute approximate surface area is 112 Å². The normalized spacial score (nSPS) is 44.5. The third-order valence-electron chi connectivity index (χ3n) is 5.74. The van der Waals surface area contributed by atoms with Crippen LogP contribution in [-0.4, -0.2) is 6.04 Å². The molecule has 0 aromatic carbocycles. The van der Waals surface area contributed by atoms with Gasteiger partial charge in [-0.05, 0) is 68.1 Å². The molecule has 0 aromatic heterocycles. The summed E-state index contributed by atoms with van der Waals surface area (Å²) in [6.07, 6.45) is 13.0. The lowest BCUT2D eigenvalue weighted by molar-refractivity contribution is -0.0684. The third kappa shape index (κ3) is 2.38. The molecular formula is C15H28ClN. The molecule has 0 aliphatic heterocycles. The Kier molecular flexibility index (Phi) is 4.09. The summed E-state index contributed by atoms with van der Waals surface area (Å²) in [6.45, 7) is 2.28. The summed E-state index contributed by atoms with van der Waals surface area (Å²) in [5, 5.41) is 0. The fraction of sp³-hybridized carbons (Fsp3) is 1.00. The average molecular weight is 258 g/mol. The van der Waals surface area contributed by atoms with E-state index in [9.17, 15) is 0 Å². The van der Waals surface area contributed by atoms with E-state index in [1.807, 2.05) is 0 Å². The van der Waals surface area contributed by atoms with E-state index in [2.05, 4.69) is 6.92 Å². The maximum Gasteiger partial charge on any atom is 0.00958 e. The van der Waals surface area contributed by atoms with Crippen LogP contribution in [-0.2, 0) is 0 Å². The molecule has 0 spiro atoms. The molecule has 0 saturated heterocycles. The van der Waals surface area contributed by atoms with Crippen LogP contribution >= 0.6 is 12.4 Å². The molecule has 0 aromatic rings. The zero-order valence-electron chi connectivity index (χ0n) is 11.2. The molecule has 4 aliphatic rings. The number of unbranched alkanes of at least 4 members (excludes halogenated alkanes) is 1. The van der Waals surface area contributed by atoms with Crippen molar-refractivity contribution in [2.75, 3.05) is 0 Å². The highest BCUT2D eigenvalue weighted by molar-refractivity contribution is 5.85. The largest absolute Gasteiger partial charge is 0.327 e. The highest BCUT2D eigenvalue weighted by atomic mass is 35.5. The van der Waals surface area contributed by atoms with Crippen LogP contribution in [0.25, 0.3) is 0 Å². The SMILES string of the molecule is CCCCC(N)C12CC3CC(CC(C3)C1)C2.Cl. The van der Waals surface area contributed by atoms with Gasteiger partial charge in [0, 0.05) is 6.04 Å². The highest BCUT2D eigenvalue weighted by Crippen LogP contribution is 2.61. The first-order valence-electron chi connectivity index (χ1n) is 7.47. The van der Waals surface area contributed by atoms with Crippen molar-refractivity contribution in [2.24, 2.45) is 28.9 Å². The Hall–Kier alpha value is 0.250. The van der Waals surface area contributed by atoms with Crippen molar-refractivity contribution in [3.8, 4) is 0 Å². The molecule has 4 fully saturated rings. The minimum absolute atomic E-state index is 0. The molecule has 0 heterocycles. The van der Waals surface area contributed by atoms with Gasteiger partial charge >= 0.3 is 0 Å². The van der Waals surface area contributed by atoms with E-state index in [0.29, 0.717) is 11.5 Å². The molecule has 4 saturated carbocycles. The second-order valence-electron chi connectivity index (χ2n) is 7.03.